The summed E-state index contributed by atoms with van der Waals surface area (Å²) in [5.74, 6) is 0.748. The molecule has 27 heavy (non-hydrogen) atoms. The maximum atomic E-state index is 14.4. The van der Waals surface area contributed by atoms with E-state index in [1.165, 1.54) is 18.5 Å². The maximum Gasteiger partial charge on any atom is 0.175 e. The van der Waals surface area contributed by atoms with E-state index in [0.29, 0.717) is 17.9 Å². The van der Waals surface area contributed by atoms with E-state index in [2.05, 4.69) is 25.5 Å². The molecule has 2 saturated heterocycles. The molecule has 2 aliphatic heterocycles. The van der Waals surface area contributed by atoms with E-state index >= 15 is 0 Å². The van der Waals surface area contributed by atoms with Crippen LogP contribution in [0.5, 0.6) is 0 Å². The molecule has 0 amide bonds. The molecule has 2 bridgehead atoms. The van der Waals surface area contributed by atoms with E-state index in [9.17, 15) is 12.8 Å². The zero-order valence-electron chi connectivity index (χ0n) is 15.2. The van der Waals surface area contributed by atoms with Crippen molar-refractivity contribution < 1.29 is 12.8 Å². The lowest BCUT2D eigenvalue weighted by Gasteiger charge is -2.37. The average Bonchev–Trinajstić information content (AvgIpc) is 2.85. The molecule has 2 aliphatic rings. The van der Waals surface area contributed by atoms with Gasteiger partial charge in [-0.15, -0.1) is 0 Å². The molecule has 0 spiro atoms. The van der Waals surface area contributed by atoms with E-state index in [4.69, 9.17) is 0 Å². The Morgan fingerprint density at radius 2 is 1.93 bits per heavy atom. The van der Waals surface area contributed by atoms with Crippen molar-refractivity contribution in [2.45, 2.75) is 36.7 Å². The van der Waals surface area contributed by atoms with Crippen molar-refractivity contribution in [2.24, 2.45) is 0 Å². The highest BCUT2D eigenvalue weighted by Gasteiger charge is 2.38. The number of fused-ring (bicyclic) bond motifs is 2. The second-order valence-corrected chi connectivity index (χ2v) is 9.18. The minimum Gasteiger partial charge on any atom is -0.348 e. The highest BCUT2D eigenvalue weighted by Crippen LogP contribution is 2.35. The molecule has 0 radical (unpaired) electrons. The highest BCUT2D eigenvalue weighted by atomic mass is 32.2. The first-order valence-electron chi connectivity index (χ1n) is 8.92. The first kappa shape index (κ1) is 18.1. The SMILES string of the molecule is Cc1c(Nc2ccc(S(C)(=O)=O)cc2F)ncnc1N1C2CCC1CNC2. The number of nitrogens with one attached hydrogen (secondary N) is 2. The lowest BCUT2D eigenvalue weighted by molar-refractivity contribution is 0.480. The number of piperazine rings is 1. The minimum atomic E-state index is -3.46. The first-order chi connectivity index (χ1) is 12.8. The Kier molecular flexibility index (Phi) is 4.51. The maximum absolute atomic E-state index is 14.4. The van der Waals surface area contributed by atoms with Crippen LogP contribution in [0.3, 0.4) is 0 Å². The molecule has 2 atom stereocenters. The summed E-state index contributed by atoms with van der Waals surface area (Å²) in [5, 5.41) is 6.43. The van der Waals surface area contributed by atoms with Crippen LogP contribution in [0.1, 0.15) is 18.4 Å². The zero-order valence-corrected chi connectivity index (χ0v) is 16.1. The van der Waals surface area contributed by atoms with E-state index in [-0.39, 0.29) is 10.6 Å². The second kappa shape index (κ2) is 6.72. The predicted molar refractivity (Wildman–Crippen MR) is 102 cm³/mol. The lowest BCUT2D eigenvalue weighted by Crippen LogP contribution is -2.52. The van der Waals surface area contributed by atoms with E-state index in [0.717, 1.165) is 49.6 Å². The molecule has 1 aromatic carbocycles. The van der Waals surface area contributed by atoms with Crippen LogP contribution in [0.4, 0.5) is 21.7 Å². The van der Waals surface area contributed by atoms with Crippen LogP contribution in [-0.4, -0.2) is 49.8 Å². The Morgan fingerprint density at radius 1 is 1.22 bits per heavy atom. The van der Waals surface area contributed by atoms with Crippen LogP contribution in [0.15, 0.2) is 29.4 Å². The third-order valence-corrected chi connectivity index (χ3v) is 6.41. The van der Waals surface area contributed by atoms with Gasteiger partial charge in [-0.05, 0) is 38.0 Å². The number of halogens is 1. The topological polar surface area (TPSA) is 87.2 Å². The fourth-order valence-corrected chi connectivity index (χ4v) is 4.54. The Balaban J connectivity index is 1.64. The molecule has 3 heterocycles. The van der Waals surface area contributed by atoms with Gasteiger partial charge in [0.05, 0.1) is 10.6 Å². The van der Waals surface area contributed by atoms with Gasteiger partial charge in [-0.2, -0.15) is 0 Å². The molecule has 4 rings (SSSR count). The fraction of sp³-hybridized carbons (Fsp3) is 0.444. The first-order valence-corrected chi connectivity index (χ1v) is 10.8. The van der Waals surface area contributed by atoms with Gasteiger partial charge in [-0.1, -0.05) is 0 Å². The quantitative estimate of drug-likeness (QED) is 0.824. The van der Waals surface area contributed by atoms with Gasteiger partial charge in [0.15, 0.2) is 9.84 Å². The van der Waals surface area contributed by atoms with Crippen molar-refractivity contribution in [1.82, 2.24) is 15.3 Å². The average molecular weight is 391 g/mol. The number of hydrogen-bond donors (Lipinski definition) is 2. The van der Waals surface area contributed by atoms with Crippen LogP contribution in [0.2, 0.25) is 0 Å². The van der Waals surface area contributed by atoms with Crippen molar-refractivity contribution in [3.05, 3.63) is 35.9 Å². The van der Waals surface area contributed by atoms with Gasteiger partial charge in [0.1, 0.15) is 23.8 Å². The molecule has 2 aromatic rings. The van der Waals surface area contributed by atoms with Crippen molar-refractivity contribution >= 4 is 27.2 Å². The van der Waals surface area contributed by atoms with Crippen LogP contribution in [0, 0.1) is 12.7 Å². The lowest BCUT2D eigenvalue weighted by atomic mass is 10.2. The summed E-state index contributed by atoms with van der Waals surface area (Å²) in [6, 6.07) is 4.65. The van der Waals surface area contributed by atoms with Gasteiger partial charge in [0.25, 0.3) is 0 Å². The highest BCUT2D eigenvalue weighted by molar-refractivity contribution is 7.90. The molecule has 0 aliphatic carbocycles. The molecule has 144 valence electrons. The second-order valence-electron chi connectivity index (χ2n) is 7.16. The van der Waals surface area contributed by atoms with E-state index in [1.54, 1.807) is 0 Å². The largest absolute Gasteiger partial charge is 0.348 e. The third-order valence-electron chi connectivity index (χ3n) is 5.30. The van der Waals surface area contributed by atoms with Gasteiger partial charge < -0.3 is 15.5 Å². The van der Waals surface area contributed by atoms with Crippen LogP contribution >= 0.6 is 0 Å². The fourth-order valence-electron chi connectivity index (χ4n) is 3.91. The molecule has 2 unspecified atom stereocenters. The van der Waals surface area contributed by atoms with E-state index in [1.807, 2.05) is 6.92 Å². The van der Waals surface area contributed by atoms with E-state index < -0.39 is 15.7 Å². The smallest absolute Gasteiger partial charge is 0.175 e. The minimum absolute atomic E-state index is 0.0527. The number of anilines is 3. The molecular weight excluding hydrogens is 369 g/mol. The van der Waals surface area contributed by atoms with Gasteiger partial charge in [0.2, 0.25) is 0 Å². The number of benzene rings is 1. The summed E-state index contributed by atoms with van der Waals surface area (Å²) in [4.78, 5) is 11.0. The summed E-state index contributed by atoms with van der Waals surface area (Å²) < 4.78 is 37.6. The molecule has 0 saturated carbocycles. The summed E-state index contributed by atoms with van der Waals surface area (Å²) in [6.45, 7) is 3.79. The predicted octanol–water partition coefficient (Wildman–Crippen LogP) is 2.01. The van der Waals surface area contributed by atoms with Crippen molar-refractivity contribution in [2.75, 3.05) is 29.6 Å². The van der Waals surface area contributed by atoms with Crippen LogP contribution in [0.25, 0.3) is 0 Å². The molecule has 7 nitrogen and oxygen atoms in total. The number of rotatable bonds is 4. The van der Waals surface area contributed by atoms with Gasteiger partial charge in [-0.25, -0.2) is 22.8 Å². The Morgan fingerprint density at radius 3 is 2.56 bits per heavy atom. The van der Waals surface area contributed by atoms with Gasteiger partial charge in [0, 0.05) is 37.0 Å². The van der Waals surface area contributed by atoms with Gasteiger partial charge >= 0.3 is 0 Å². The summed E-state index contributed by atoms with van der Waals surface area (Å²) in [5.41, 5.74) is 1.03. The van der Waals surface area contributed by atoms with Crippen LogP contribution in [-0.2, 0) is 9.84 Å². The normalized spacial score (nSPS) is 22.1. The monoisotopic (exact) mass is 391 g/mol. The molecular formula is C18H22FN5O2S. The Labute approximate surface area is 157 Å². The van der Waals surface area contributed by atoms with Gasteiger partial charge in [-0.3, -0.25) is 0 Å². The third kappa shape index (κ3) is 3.37. The number of aromatic nitrogens is 2. The zero-order chi connectivity index (χ0) is 19.2. The Hall–Kier alpha value is -2.26. The van der Waals surface area contributed by atoms with Crippen molar-refractivity contribution in [3.8, 4) is 0 Å². The summed E-state index contributed by atoms with van der Waals surface area (Å²) in [6.07, 6.45) is 4.79. The number of nitrogens with zero attached hydrogens (tertiary/aromatic N) is 3. The summed E-state index contributed by atoms with van der Waals surface area (Å²) >= 11 is 0. The molecule has 1 aromatic heterocycles. The Bertz CT molecular complexity index is 966. The molecule has 9 heteroatoms. The van der Waals surface area contributed by atoms with Crippen molar-refractivity contribution in [1.29, 1.82) is 0 Å². The molecule has 2 fully saturated rings. The molecule has 2 N–H and O–H groups in total. The number of sulfone groups is 1. The van der Waals surface area contributed by atoms with Crippen LogP contribution < -0.4 is 15.5 Å². The standard InChI is InChI=1S/C18H22FN5O2S/c1-11-17(23-16-6-5-14(7-15(16)19)27(2,25)26)21-10-22-18(11)24-12-3-4-13(24)9-20-8-12/h5-7,10,12-13,20H,3-4,8-9H2,1-2H3,(H,21,22,23). The van der Waals surface area contributed by atoms with Crippen molar-refractivity contribution in [3.63, 3.8) is 0 Å². The summed E-state index contributed by atoms with van der Waals surface area (Å²) in [7, 11) is -3.46. The number of hydrogen-bond acceptors (Lipinski definition) is 7.